The van der Waals surface area contributed by atoms with Crippen LogP contribution in [0.4, 0.5) is 5.69 Å². The first-order valence-electron chi connectivity index (χ1n) is 8.42. The Morgan fingerprint density at radius 3 is 2.62 bits per heavy atom. The molecule has 0 radical (unpaired) electrons. The molecule has 128 valence electrons. The van der Waals surface area contributed by atoms with Crippen molar-refractivity contribution in [2.24, 2.45) is 0 Å². The van der Waals surface area contributed by atoms with Crippen LogP contribution in [0, 0.1) is 6.92 Å². The van der Waals surface area contributed by atoms with Crippen molar-refractivity contribution in [3.05, 3.63) is 84.2 Å². The second-order valence-corrected chi connectivity index (χ2v) is 6.03. The molecule has 0 aliphatic heterocycles. The van der Waals surface area contributed by atoms with Crippen LogP contribution < -0.4 is 5.32 Å². The first-order valence-corrected chi connectivity index (χ1v) is 8.42. The molecular formula is C21H18N4O. The third-order valence-corrected chi connectivity index (χ3v) is 4.14. The van der Waals surface area contributed by atoms with Crippen molar-refractivity contribution in [1.82, 2.24) is 15.1 Å². The first-order chi connectivity index (χ1) is 12.8. The number of aryl methyl sites for hydroxylation is 1. The van der Waals surface area contributed by atoms with Crippen molar-refractivity contribution in [3.63, 3.8) is 0 Å². The minimum atomic E-state index is 0.525. The zero-order valence-electron chi connectivity index (χ0n) is 14.4. The van der Waals surface area contributed by atoms with Gasteiger partial charge in [0.1, 0.15) is 0 Å². The standard InChI is InChI=1S/C21H18N4O/c1-15-12-18(9-10-19(15)23-14-16-6-5-11-22-13-16)20-24-21(26-25-20)17-7-3-2-4-8-17/h2-13,23H,14H2,1H3. The number of hydrogen-bond acceptors (Lipinski definition) is 5. The summed E-state index contributed by atoms with van der Waals surface area (Å²) in [5.74, 6) is 1.11. The predicted molar refractivity (Wildman–Crippen MR) is 101 cm³/mol. The maximum atomic E-state index is 5.40. The van der Waals surface area contributed by atoms with Gasteiger partial charge in [0, 0.05) is 35.8 Å². The van der Waals surface area contributed by atoms with Crippen LogP contribution in [-0.4, -0.2) is 15.1 Å². The molecule has 4 aromatic rings. The van der Waals surface area contributed by atoms with Gasteiger partial charge >= 0.3 is 0 Å². The van der Waals surface area contributed by atoms with E-state index in [2.05, 4.69) is 33.4 Å². The molecule has 0 atom stereocenters. The molecule has 5 heteroatoms. The normalized spacial score (nSPS) is 10.7. The lowest BCUT2D eigenvalue weighted by molar-refractivity contribution is 0.432. The average Bonchev–Trinajstić information content (AvgIpc) is 3.19. The van der Waals surface area contributed by atoms with E-state index in [0.717, 1.165) is 34.5 Å². The second kappa shape index (κ2) is 7.19. The summed E-state index contributed by atoms with van der Waals surface area (Å²) in [6.07, 6.45) is 3.64. The highest BCUT2D eigenvalue weighted by Gasteiger charge is 2.11. The van der Waals surface area contributed by atoms with Crippen LogP contribution in [-0.2, 0) is 6.54 Å². The molecule has 26 heavy (non-hydrogen) atoms. The van der Waals surface area contributed by atoms with Gasteiger partial charge in [-0.1, -0.05) is 29.4 Å². The zero-order chi connectivity index (χ0) is 17.8. The van der Waals surface area contributed by atoms with Gasteiger partial charge in [-0.05, 0) is 54.4 Å². The van der Waals surface area contributed by atoms with Crippen LogP contribution in [0.25, 0.3) is 22.8 Å². The van der Waals surface area contributed by atoms with E-state index in [-0.39, 0.29) is 0 Å². The minimum absolute atomic E-state index is 0.525. The summed E-state index contributed by atoms with van der Waals surface area (Å²) in [7, 11) is 0. The highest BCUT2D eigenvalue weighted by molar-refractivity contribution is 5.65. The lowest BCUT2D eigenvalue weighted by Gasteiger charge is -2.10. The fourth-order valence-corrected chi connectivity index (χ4v) is 2.74. The Morgan fingerprint density at radius 2 is 1.85 bits per heavy atom. The van der Waals surface area contributed by atoms with Gasteiger partial charge in [0.05, 0.1) is 0 Å². The van der Waals surface area contributed by atoms with Crippen LogP contribution in [0.2, 0.25) is 0 Å². The van der Waals surface area contributed by atoms with Gasteiger partial charge in [0.2, 0.25) is 5.82 Å². The number of nitrogens with one attached hydrogen (secondary N) is 1. The Labute approximate surface area is 151 Å². The van der Waals surface area contributed by atoms with E-state index < -0.39 is 0 Å². The molecule has 0 saturated carbocycles. The number of anilines is 1. The van der Waals surface area contributed by atoms with Crippen molar-refractivity contribution >= 4 is 5.69 Å². The van der Waals surface area contributed by atoms with Crippen LogP contribution in [0.5, 0.6) is 0 Å². The SMILES string of the molecule is Cc1cc(-c2noc(-c3ccccc3)n2)ccc1NCc1cccnc1. The second-order valence-electron chi connectivity index (χ2n) is 6.03. The summed E-state index contributed by atoms with van der Waals surface area (Å²) < 4.78 is 5.40. The molecule has 2 heterocycles. The molecule has 0 aliphatic carbocycles. The van der Waals surface area contributed by atoms with Crippen molar-refractivity contribution in [2.45, 2.75) is 13.5 Å². The lowest BCUT2D eigenvalue weighted by Crippen LogP contribution is -2.01. The molecule has 0 fully saturated rings. The van der Waals surface area contributed by atoms with Gasteiger partial charge < -0.3 is 9.84 Å². The predicted octanol–water partition coefficient (Wildman–Crippen LogP) is 4.72. The molecule has 0 unspecified atom stereocenters. The van der Waals surface area contributed by atoms with Gasteiger partial charge in [-0.15, -0.1) is 0 Å². The van der Waals surface area contributed by atoms with E-state index >= 15 is 0 Å². The molecule has 5 nitrogen and oxygen atoms in total. The van der Waals surface area contributed by atoms with Crippen molar-refractivity contribution in [3.8, 4) is 22.8 Å². The van der Waals surface area contributed by atoms with Crippen LogP contribution in [0.15, 0.2) is 77.6 Å². The lowest BCUT2D eigenvalue weighted by atomic mass is 10.1. The molecule has 0 saturated heterocycles. The first kappa shape index (κ1) is 16.0. The third kappa shape index (κ3) is 3.47. The van der Waals surface area contributed by atoms with E-state index in [9.17, 15) is 0 Å². The molecular weight excluding hydrogens is 324 g/mol. The summed E-state index contributed by atoms with van der Waals surface area (Å²) in [4.78, 5) is 8.64. The number of benzene rings is 2. The van der Waals surface area contributed by atoms with E-state index in [0.29, 0.717) is 11.7 Å². The Bertz CT molecular complexity index is 997. The fourth-order valence-electron chi connectivity index (χ4n) is 2.74. The van der Waals surface area contributed by atoms with Crippen LogP contribution in [0.1, 0.15) is 11.1 Å². The average molecular weight is 342 g/mol. The third-order valence-electron chi connectivity index (χ3n) is 4.14. The summed E-state index contributed by atoms with van der Waals surface area (Å²) in [5.41, 5.74) is 5.18. The molecule has 1 N–H and O–H groups in total. The molecule has 2 aromatic carbocycles. The number of rotatable bonds is 5. The van der Waals surface area contributed by atoms with Gasteiger partial charge in [-0.2, -0.15) is 4.98 Å². The van der Waals surface area contributed by atoms with E-state index in [1.165, 1.54) is 0 Å². The Hall–Kier alpha value is -3.47. The van der Waals surface area contributed by atoms with E-state index in [1.54, 1.807) is 6.20 Å². The maximum Gasteiger partial charge on any atom is 0.258 e. The molecule has 0 spiro atoms. The van der Waals surface area contributed by atoms with Crippen molar-refractivity contribution < 1.29 is 4.52 Å². The topological polar surface area (TPSA) is 63.8 Å². The van der Waals surface area contributed by atoms with Crippen LogP contribution >= 0.6 is 0 Å². The quantitative estimate of drug-likeness (QED) is 0.568. The zero-order valence-corrected chi connectivity index (χ0v) is 14.4. The molecule has 0 aliphatic rings. The van der Waals surface area contributed by atoms with E-state index in [1.807, 2.05) is 60.8 Å². The van der Waals surface area contributed by atoms with Gasteiger partial charge in [0.25, 0.3) is 5.89 Å². The Morgan fingerprint density at radius 1 is 0.962 bits per heavy atom. The number of hydrogen-bond donors (Lipinski definition) is 1. The van der Waals surface area contributed by atoms with Gasteiger partial charge in [-0.3, -0.25) is 4.98 Å². The van der Waals surface area contributed by atoms with E-state index in [4.69, 9.17) is 4.52 Å². The summed E-state index contributed by atoms with van der Waals surface area (Å²) in [5, 5.41) is 7.55. The molecule has 2 aromatic heterocycles. The monoisotopic (exact) mass is 342 g/mol. The highest BCUT2D eigenvalue weighted by Crippen LogP contribution is 2.25. The number of aromatic nitrogens is 3. The van der Waals surface area contributed by atoms with Crippen molar-refractivity contribution in [1.29, 1.82) is 0 Å². The van der Waals surface area contributed by atoms with Gasteiger partial charge in [-0.25, -0.2) is 0 Å². The summed E-state index contributed by atoms with van der Waals surface area (Å²) >= 11 is 0. The molecule has 4 rings (SSSR count). The highest BCUT2D eigenvalue weighted by atomic mass is 16.5. The summed E-state index contributed by atoms with van der Waals surface area (Å²) in [6, 6.07) is 19.9. The largest absolute Gasteiger partial charge is 0.381 e. The number of pyridine rings is 1. The number of nitrogens with zero attached hydrogens (tertiary/aromatic N) is 3. The molecule has 0 bridgehead atoms. The van der Waals surface area contributed by atoms with Gasteiger partial charge in [0.15, 0.2) is 0 Å². The fraction of sp³-hybridized carbons (Fsp3) is 0.0952. The van der Waals surface area contributed by atoms with Crippen LogP contribution in [0.3, 0.4) is 0 Å². The maximum absolute atomic E-state index is 5.40. The van der Waals surface area contributed by atoms with Crippen molar-refractivity contribution in [2.75, 3.05) is 5.32 Å². The molecule has 0 amide bonds. The Kier molecular flexibility index (Phi) is 4.43. The smallest absolute Gasteiger partial charge is 0.258 e. The Balaban J connectivity index is 1.52. The summed E-state index contributed by atoms with van der Waals surface area (Å²) in [6.45, 7) is 2.79. The minimum Gasteiger partial charge on any atom is -0.381 e.